The molecule has 7 nitrogen and oxygen atoms in total. The number of pyridine rings is 1. The van der Waals surface area contributed by atoms with Crippen molar-refractivity contribution >= 4 is 48.9 Å². The molecule has 1 aliphatic heterocycles. The lowest BCUT2D eigenvalue weighted by atomic mass is 9.43. The number of fused-ring (bicyclic) bond motifs is 1. The van der Waals surface area contributed by atoms with E-state index in [1.54, 1.807) is 18.2 Å². The second-order valence-corrected chi connectivity index (χ2v) is 12.1. The second kappa shape index (κ2) is 10.6. The van der Waals surface area contributed by atoms with E-state index in [4.69, 9.17) is 47.7 Å². The zero-order valence-electron chi connectivity index (χ0n) is 23.7. The first-order valence-electron chi connectivity index (χ1n) is 13.4. The van der Waals surface area contributed by atoms with E-state index in [0.717, 1.165) is 12.1 Å². The van der Waals surface area contributed by atoms with Gasteiger partial charge in [-0.2, -0.15) is 0 Å². The molecule has 1 saturated carbocycles. The molecular weight excluding hydrogens is 592 g/mol. The highest BCUT2D eigenvalue weighted by atomic mass is 35.5. The van der Waals surface area contributed by atoms with Crippen molar-refractivity contribution in [2.24, 2.45) is 5.41 Å². The molecule has 0 spiro atoms. The van der Waals surface area contributed by atoms with Crippen LogP contribution >= 0.6 is 11.6 Å². The molecule has 2 aliphatic rings. The molecule has 3 aromatic rings. The lowest BCUT2D eigenvalue weighted by Gasteiger charge is -2.51. The number of alkyl halides is 3. The molecule has 1 aromatic heterocycles. The van der Waals surface area contributed by atoms with Crippen LogP contribution in [0.5, 0.6) is 5.75 Å². The van der Waals surface area contributed by atoms with Crippen LogP contribution in [0.3, 0.4) is 0 Å². The largest absolute Gasteiger partial charge is 0.573 e. The van der Waals surface area contributed by atoms with Crippen molar-refractivity contribution in [3.05, 3.63) is 93.8 Å². The van der Waals surface area contributed by atoms with Gasteiger partial charge in [0.2, 0.25) is 0 Å². The topological polar surface area (TPSA) is 92.1 Å². The Morgan fingerprint density at radius 2 is 1.64 bits per heavy atom. The standard InChI is InChI=1S/C29H24B4ClF3N2O5/c1-24(2,41)17-5-10-22-21(13-17)23(40)39(15-19-7-6-18(34)14-38-19)26(22,16-3-8-20(9-4-16)43-29(35,36)37)44-28(32,33)25(11-12-25)27(30,31)42/h3-10,13-14,41-42H,11-12,15H2,1-2H3/t26-/m1/s1. The average Bonchev–Trinajstić information content (AvgIpc) is 3.70. The fraction of sp³-hybridized carbons (Fsp3) is 0.379. The highest BCUT2D eigenvalue weighted by Gasteiger charge is 2.65. The number of benzene rings is 2. The molecular formula is C29H24B4ClF3N2O5. The van der Waals surface area contributed by atoms with Gasteiger partial charge >= 0.3 is 6.36 Å². The Bertz CT molecular complexity index is 1570. The molecule has 0 bridgehead atoms. The highest BCUT2D eigenvalue weighted by molar-refractivity contribution is 6.45. The average molecular weight is 616 g/mol. The van der Waals surface area contributed by atoms with Gasteiger partial charge in [0.15, 0.2) is 5.72 Å². The molecule has 0 unspecified atom stereocenters. The molecule has 0 saturated heterocycles. The molecule has 2 aromatic carbocycles. The van der Waals surface area contributed by atoms with Crippen molar-refractivity contribution in [1.82, 2.24) is 9.88 Å². The van der Waals surface area contributed by atoms with E-state index in [2.05, 4.69) is 9.72 Å². The first-order chi connectivity index (χ1) is 20.2. The number of aromatic nitrogens is 1. The Kier molecular flexibility index (Phi) is 7.80. The molecule has 1 fully saturated rings. The Balaban J connectivity index is 1.76. The Morgan fingerprint density at radius 3 is 2.14 bits per heavy atom. The first kappa shape index (κ1) is 32.5. The van der Waals surface area contributed by atoms with E-state index in [1.807, 2.05) is 0 Å². The van der Waals surface area contributed by atoms with Crippen LogP contribution in [-0.4, -0.2) is 74.6 Å². The minimum atomic E-state index is -4.96. The minimum Gasteiger partial charge on any atom is -0.409 e. The normalized spacial score (nSPS) is 20.0. The van der Waals surface area contributed by atoms with Gasteiger partial charge in [0.05, 0.1) is 38.6 Å². The summed E-state index contributed by atoms with van der Waals surface area (Å²) in [7, 11) is 25.0. The van der Waals surface area contributed by atoms with Crippen LogP contribution in [0.25, 0.3) is 0 Å². The van der Waals surface area contributed by atoms with Crippen molar-refractivity contribution in [1.29, 1.82) is 0 Å². The molecule has 2 N–H and O–H groups in total. The van der Waals surface area contributed by atoms with E-state index in [-0.39, 0.29) is 36.1 Å². The molecule has 8 radical (unpaired) electrons. The summed E-state index contributed by atoms with van der Waals surface area (Å²) in [4.78, 5) is 19.8. The molecule has 1 amide bonds. The van der Waals surface area contributed by atoms with Crippen molar-refractivity contribution in [2.75, 3.05) is 0 Å². The Labute approximate surface area is 262 Å². The van der Waals surface area contributed by atoms with Gasteiger partial charge in [-0.1, -0.05) is 35.9 Å². The van der Waals surface area contributed by atoms with Gasteiger partial charge in [-0.25, -0.2) is 0 Å². The summed E-state index contributed by atoms with van der Waals surface area (Å²) in [5.41, 5.74) is -3.80. The van der Waals surface area contributed by atoms with Crippen LogP contribution in [0.15, 0.2) is 60.8 Å². The SMILES string of the molecule is [B]C([B])(O)C1(C([B])([B])O[C@]2(c3ccc(OC(F)(F)F)cc3)c3ccc(C(C)(C)O)cc3C(=O)N2Cc2ccc(Cl)cn2)CC1. The maximum atomic E-state index is 14.3. The summed E-state index contributed by atoms with van der Waals surface area (Å²) in [6.45, 7) is 2.86. The predicted molar refractivity (Wildman–Crippen MR) is 158 cm³/mol. The fourth-order valence-electron chi connectivity index (χ4n) is 5.61. The van der Waals surface area contributed by atoms with E-state index in [9.17, 15) is 28.2 Å². The molecule has 1 aliphatic carbocycles. The molecule has 15 heteroatoms. The highest BCUT2D eigenvalue weighted by Crippen LogP contribution is 2.61. The van der Waals surface area contributed by atoms with E-state index < -0.39 is 45.6 Å². The van der Waals surface area contributed by atoms with Crippen LogP contribution in [0.2, 0.25) is 5.02 Å². The Morgan fingerprint density at radius 1 is 1.00 bits per heavy atom. The van der Waals surface area contributed by atoms with Gasteiger partial charge in [-0.05, 0) is 73.4 Å². The maximum absolute atomic E-state index is 14.3. The summed E-state index contributed by atoms with van der Waals surface area (Å²) in [6.07, 6.45) is -3.26. The van der Waals surface area contributed by atoms with Crippen molar-refractivity contribution in [2.45, 2.75) is 61.7 Å². The van der Waals surface area contributed by atoms with Gasteiger partial charge in [0.25, 0.3) is 5.91 Å². The zero-order chi connectivity index (χ0) is 32.5. The first-order valence-corrected chi connectivity index (χ1v) is 13.8. The van der Waals surface area contributed by atoms with Crippen LogP contribution < -0.4 is 4.74 Å². The van der Waals surface area contributed by atoms with Gasteiger partial charge in [0.1, 0.15) is 21.4 Å². The third-order valence-electron chi connectivity index (χ3n) is 8.12. The number of rotatable bonds is 9. The van der Waals surface area contributed by atoms with E-state index in [1.165, 1.54) is 49.2 Å². The minimum absolute atomic E-state index is 0.0885. The smallest absolute Gasteiger partial charge is 0.409 e. The summed E-state index contributed by atoms with van der Waals surface area (Å²) in [6, 6.07) is 12.3. The summed E-state index contributed by atoms with van der Waals surface area (Å²) in [5.74, 6) is -1.14. The van der Waals surface area contributed by atoms with E-state index >= 15 is 0 Å². The third-order valence-corrected chi connectivity index (χ3v) is 8.34. The quantitative estimate of drug-likeness (QED) is 0.358. The monoisotopic (exact) mass is 616 g/mol. The molecule has 2 heterocycles. The number of carbonyl (C=O) groups excluding carboxylic acids is 1. The lowest BCUT2D eigenvalue weighted by Crippen LogP contribution is -2.62. The number of ether oxygens (including phenoxy) is 2. The maximum Gasteiger partial charge on any atom is 0.573 e. The number of hydrogen-bond acceptors (Lipinski definition) is 6. The number of hydrogen-bond donors (Lipinski definition) is 2. The van der Waals surface area contributed by atoms with E-state index in [0.29, 0.717) is 16.3 Å². The zero-order valence-corrected chi connectivity index (χ0v) is 24.5. The van der Waals surface area contributed by atoms with Crippen LogP contribution in [0.1, 0.15) is 59.4 Å². The predicted octanol–water partition coefficient (Wildman–Crippen LogP) is 3.49. The molecule has 5 rings (SSSR count). The van der Waals surface area contributed by atoms with Crippen LogP contribution in [0.4, 0.5) is 13.2 Å². The van der Waals surface area contributed by atoms with Crippen LogP contribution in [-0.2, 0) is 22.6 Å². The third kappa shape index (κ3) is 5.66. The van der Waals surface area contributed by atoms with Crippen molar-refractivity contribution in [3.8, 4) is 5.75 Å². The van der Waals surface area contributed by atoms with Crippen molar-refractivity contribution < 1.29 is 37.7 Å². The van der Waals surface area contributed by atoms with Crippen molar-refractivity contribution in [3.63, 3.8) is 0 Å². The molecule has 44 heavy (non-hydrogen) atoms. The second-order valence-electron chi connectivity index (χ2n) is 11.7. The Hall–Kier alpha value is -2.92. The van der Waals surface area contributed by atoms with Gasteiger partial charge < -0.3 is 19.7 Å². The number of nitrogens with zero attached hydrogens (tertiary/aromatic N) is 2. The van der Waals surface area contributed by atoms with Crippen LogP contribution in [0, 0.1) is 5.41 Å². The summed E-state index contributed by atoms with van der Waals surface area (Å²) < 4.78 is 49.6. The number of carbonyl (C=O) groups is 1. The fourth-order valence-corrected chi connectivity index (χ4v) is 5.72. The molecule has 220 valence electrons. The molecule has 1 atom stereocenters. The number of amides is 1. The summed E-state index contributed by atoms with van der Waals surface area (Å²) >= 11 is 6.03. The van der Waals surface area contributed by atoms with Gasteiger partial charge in [-0.3, -0.25) is 14.7 Å². The summed E-state index contributed by atoms with van der Waals surface area (Å²) in [5, 5.41) is 17.0. The number of aliphatic hydroxyl groups is 2. The van der Waals surface area contributed by atoms with Gasteiger partial charge in [0, 0.05) is 28.3 Å². The lowest BCUT2D eigenvalue weighted by molar-refractivity contribution is -0.274. The van der Waals surface area contributed by atoms with Gasteiger partial charge in [-0.15, -0.1) is 13.2 Å². The number of halogens is 4.